The molecule has 0 spiro atoms. The highest BCUT2D eigenvalue weighted by Gasteiger charge is 2.23. The molecular formula is C18H18ClNO5. The van der Waals surface area contributed by atoms with Crippen LogP contribution in [0.4, 0.5) is 0 Å². The van der Waals surface area contributed by atoms with Crippen LogP contribution in [0, 0.1) is 13.8 Å². The van der Waals surface area contributed by atoms with Crippen LogP contribution in [0.5, 0.6) is 0 Å². The maximum absolute atomic E-state index is 12.3. The summed E-state index contributed by atoms with van der Waals surface area (Å²) in [6.45, 7) is 4.81. The van der Waals surface area contributed by atoms with Crippen molar-refractivity contribution < 1.29 is 23.9 Å². The van der Waals surface area contributed by atoms with Gasteiger partial charge in [-0.05, 0) is 44.5 Å². The van der Waals surface area contributed by atoms with Crippen molar-refractivity contribution in [3.05, 3.63) is 57.4 Å². The van der Waals surface area contributed by atoms with E-state index in [1.54, 1.807) is 39.0 Å². The summed E-state index contributed by atoms with van der Waals surface area (Å²) in [4.78, 5) is 39.1. The van der Waals surface area contributed by atoms with Gasteiger partial charge < -0.3 is 14.5 Å². The molecule has 1 N–H and O–H groups in total. The fourth-order valence-corrected chi connectivity index (χ4v) is 2.63. The van der Waals surface area contributed by atoms with Crippen molar-refractivity contribution in [2.24, 2.45) is 0 Å². The van der Waals surface area contributed by atoms with Gasteiger partial charge in [0.25, 0.3) is 0 Å². The minimum atomic E-state index is -0.651. The monoisotopic (exact) mass is 363 g/mol. The molecule has 0 atom stereocenters. The Morgan fingerprint density at radius 2 is 1.84 bits per heavy atom. The lowest BCUT2D eigenvalue weighted by molar-refractivity contribution is 0.0472. The fourth-order valence-electron chi connectivity index (χ4n) is 2.44. The molecule has 0 radical (unpaired) electrons. The second-order valence-electron chi connectivity index (χ2n) is 5.36. The van der Waals surface area contributed by atoms with E-state index in [0.29, 0.717) is 21.8 Å². The third-order valence-corrected chi connectivity index (χ3v) is 3.83. The molecule has 1 aromatic heterocycles. The molecule has 7 heteroatoms. The molecule has 0 amide bonds. The van der Waals surface area contributed by atoms with Gasteiger partial charge in [0.15, 0.2) is 6.61 Å². The minimum absolute atomic E-state index is 0.222. The van der Waals surface area contributed by atoms with Crippen LogP contribution in [0.2, 0.25) is 5.02 Å². The summed E-state index contributed by atoms with van der Waals surface area (Å²) in [6.07, 6.45) is 0. The van der Waals surface area contributed by atoms with Crippen LogP contribution in [0.15, 0.2) is 24.3 Å². The number of benzene rings is 1. The topological polar surface area (TPSA) is 85.5 Å². The first-order chi connectivity index (χ1) is 11.8. The molecule has 0 unspecified atom stereocenters. The maximum Gasteiger partial charge on any atom is 0.340 e. The Balaban J connectivity index is 2.10. The first-order valence-corrected chi connectivity index (χ1v) is 8.05. The number of carbonyl (C=O) groups excluding carboxylic acids is 3. The quantitative estimate of drug-likeness (QED) is 0.627. The fraction of sp³-hybridized carbons (Fsp3) is 0.278. The summed E-state index contributed by atoms with van der Waals surface area (Å²) in [5.41, 5.74) is 1.80. The molecule has 0 aliphatic heterocycles. The van der Waals surface area contributed by atoms with Gasteiger partial charge in [0.1, 0.15) is 0 Å². The van der Waals surface area contributed by atoms with Crippen LogP contribution in [0.25, 0.3) is 0 Å². The first kappa shape index (κ1) is 18.7. The van der Waals surface area contributed by atoms with Crippen molar-refractivity contribution in [3.63, 3.8) is 0 Å². The number of hydrogen-bond acceptors (Lipinski definition) is 5. The van der Waals surface area contributed by atoms with E-state index in [4.69, 9.17) is 21.1 Å². The number of aromatic nitrogens is 1. The number of ether oxygens (including phenoxy) is 2. The predicted octanol–water partition coefficient (Wildman–Crippen LogP) is 3.50. The maximum atomic E-state index is 12.3. The van der Waals surface area contributed by atoms with E-state index in [1.165, 1.54) is 6.07 Å². The van der Waals surface area contributed by atoms with Gasteiger partial charge in [-0.2, -0.15) is 0 Å². The van der Waals surface area contributed by atoms with Gasteiger partial charge in [0.2, 0.25) is 5.78 Å². The van der Waals surface area contributed by atoms with E-state index in [0.717, 1.165) is 0 Å². The number of rotatable bonds is 6. The number of carbonyl (C=O) groups is 3. The number of halogens is 1. The Morgan fingerprint density at radius 1 is 1.12 bits per heavy atom. The summed E-state index contributed by atoms with van der Waals surface area (Å²) < 4.78 is 10.0. The van der Waals surface area contributed by atoms with Crippen LogP contribution in [0.3, 0.4) is 0 Å². The number of nitrogens with one attached hydrogen (secondary N) is 1. The van der Waals surface area contributed by atoms with Crippen molar-refractivity contribution in [2.45, 2.75) is 20.8 Å². The van der Waals surface area contributed by atoms with Crippen molar-refractivity contribution in [3.8, 4) is 0 Å². The van der Waals surface area contributed by atoms with Crippen LogP contribution in [-0.4, -0.2) is 35.9 Å². The Hall–Kier alpha value is -2.60. The molecule has 0 fully saturated rings. The van der Waals surface area contributed by atoms with Crippen LogP contribution >= 0.6 is 11.6 Å². The van der Waals surface area contributed by atoms with Gasteiger partial charge in [-0.25, -0.2) is 9.59 Å². The van der Waals surface area contributed by atoms with Crippen molar-refractivity contribution in [1.29, 1.82) is 0 Å². The summed E-state index contributed by atoms with van der Waals surface area (Å²) >= 11 is 5.82. The lowest BCUT2D eigenvalue weighted by Gasteiger charge is -2.05. The molecule has 1 aromatic carbocycles. The highest BCUT2D eigenvalue weighted by Crippen LogP contribution is 2.20. The van der Waals surface area contributed by atoms with Crippen molar-refractivity contribution in [2.75, 3.05) is 13.2 Å². The molecule has 25 heavy (non-hydrogen) atoms. The van der Waals surface area contributed by atoms with Gasteiger partial charge in [-0.3, -0.25) is 4.79 Å². The van der Waals surface area contributed by atoms with Crippen LogP contribution in [0.1, 0.15) is 49.4 Å². The van der Waals surface area contributed by atoms with Crippen LogP contribution < -0.4 is 0 Å². The van der Waals surface area contributed by atoms with Crippen molar-refractivity contribution in [1.82, 2.24) is 4.98 Å². The normalized spacial score (nSPS) is 10.4. The molecule has 0 saturated heterocycles. The highest BCUT2D eigenvalue weighted by molar-refractivity contribution is 6.30. The van der Waals surface area contributed by atoms with Gasteiger partial charge >= 0.3 is 11.9 Å². The van der Waals surface area contributed by atoms with E-state index < -0.39 is 24.3 Å². The third kappa shape index (κ3) is 4.28. The van der Waals surface area contributed by atoms with Gasteiger partial charge in [0, 0.05) is 10.7 Å². The number of Topliss-reactive ketones (excluding diaryl/α,β-unsaturated/α-hetero) is 1. The number of aryl methyl sites for hydroxylation is 1. The average Bonchev–Trinajstić information content (AvgIpc) is 2.87. The van der Waals surface area contributed by atoms with Gasteiger partial charge in [-0.15, -0.1) is 0 Å². The number of esters is 2. The number of aromatic amines is 1. The largest absolute Gasteiger partial charge is 0.462 e. The lowest BCUT2D eigenvalue weighted by Crippen LogP contribution is -2.15. The molecule has 2 aromatic rings. The summed E-state index contributed by atoms with van der Waals surface area (Å²) in [5.74, 6) is -1.59. The Kier molecular flexibility index (Phi) is 5.98. The second kappa shape index (κ2) is 7.98. The summed E-state index contributed by atoms with van der Waals surface area (Å²) in [6, 6.07) is 6.25. The first-order valence-electron chi connectivity index (χ1n) is 7.67. The minimum Gasteiger partial charge on any atom is -0.462 e. The van der Waals surface area contributed by atoms with Crippen LogP contribution in [-0.2, 0) is 9.47 Å². The number of H-pyrrole nitrogens is 1. The zero-order valence-electron chi connectivity index (χ0n) is 14.1. The molecule has 0 aliphatic carbocycles. The highest BCUT2D eigenvalue weighted by atomic mass is 35.5. The summed E-state index contributed by atoms with van der Waals surface area (Å²) in [5, 5.41) is 0.399. The lowest BCUT2D eigenvalue weighted by atomic mass is 10.1. The van der Waals surface area contributed by atoms with E-state index in [2.05, 4.69) is 4.98 Å². The molecular weight excluding hydrogens is 346 g/mol. The van der Waals surface area contributed by atoms with Gasteiger partial charge in [-0.1, -0.05) is 17.7 Å². The predicted molar refractivity (Wildman–Crippen MR) is 92.3 cm³/mol. The summed E-state index contributed by atoms with van der Waals surface area (Å²) in [7, 11) is 0. The third-order valence-electron chi connectivity index (χ3n) is 3.59. The SMILES string of the molecule is CCOC(=O)c1c(C)[nH]c(C(=O)COC(=O)c2cccc(Cl)c2)c1C. The van der Waals surface area contributed by atoms with E-state index in [9.17, 15) is 14.4 Å². The second-order valence-corrected chi connectivity index (χ2v) is 5.79. The molecule has 132 valence electrons. The Bertz CT molecular complexity index is 825. The average molecular weight is 364 g/mol. The Morgan fingerprint density at radius 3 is 2.48 bits per heavy atom. The van der Waals surface area contributed by atoms with Gasteiger partial charge in [0.05, 0.1) is 23.4 Å². The van der Waals surface area contributed by atoms with E-state index >= 15 is 0 Å². The number of hydrogen-bond donors (Lipinski definition) is 1. The molecule has 0 aliphatic rings. The molecule has 2 rings (SSSR count). The molecule has 0 saturated carbocycles. The molecule has 6 nitrogen and oxygen atoms in total. The van der Waals surface area contributed by atoms with E-state index in [1.807, 2.05) is 0 Å². The van der Waals surface area contributed by atoms with E-state index in [-0.39, 0.29) is 17.9 Å². The number of ketones is 1. The molecule has 0 bridgehead atoms. The zero-order chi connectivity index (χ0) is 18.6. The Labute approximate surface area is 150 Å². The zero-order valence-corrected chi connectivity index (χ0v) is 14.9. The smallest absolute Gasteiger partial charge is 0.340 e. The standard InChI is InChI=1S/C18H18ClNO5/c1-4-24-18(23)15-10(2)16(20-11(15)3)14(21)9-25-17(22)12-6-5-7-13(19)8-12/h5-8,20H,4,9H2,1-3H3. The van der Waals surface area contributed by atoms with Crippen molar-refractivity contribution >= 4 is 29.3 Å². The molecule has 1 heterocycles.